The van der Waals surface area contributed by atoms with Crippen LogP contribution in [0.5, 0.6) is 11.5 Å². The molecule has 3 aromatic carbocycles. The van der Waals surface area contributed by atoms with Crippen LogP contribution in [-0.4, -0.2) is 14.3 Å². The molecule has 0 spiro atoms. The number of nitrogens with one attached hydrogen (secondary N) is 1. The third-order valence-electron chi connectivity index (χ3n) is 3.78. The lowest BCUT2D eigenvalue weighted by molar-refractivity contribution is 0.102. The lowest BCUT2D eigenvalue weighted by Crippen LogP contribution is -2.14. The number of amides is 1. The second-order valence-corrected chi connectivity index (χ2v) is 7.53. The number of hydrogen-bond acceptors (Lipinski definition) is 4. The molecule has 0 fully saturated rings. The highest BCUT2D eigenvalue weighted by Gasteiger charge is 2.10. The van der Waals surface area contributed by atoms with Gasteiger partial charge in [-0.2, -0.15) is 0 Å². The maximum atomic E-state index is 12.3. The first-order chi connectivity index (χ1) is 12.8. The molecule has 0 bridgehead atoms. The Kier molecular flexibility index (Phi) is 5.25. The van der Waals surface area contributed by atoms with Crippen LogP contribution in [-0.2, 0) is 10.0 Å². The smallest absolute Gasteiger partial charge is 0.255 e. The fourth-order valence-corrected chi connectivity index (χ4v) is 2.94. The van der Waals surface area contributed by atoms with Crippen LogP contribution in [0.15, 0.2) is 77.7 Å². The highest BCUT2D eigenvalue weighted by molar-refractivity contribution is 7.89. The Labute approximate surface area is 157 Å². The van der Waals surface area contributed by atoms with E-state index in [-0.39, 0.29) is 10.8 Å². The average molecular weight is 382 g/mol. The largest absolute Gasteiger partial charge is 0.457 e. The molecule has 0 radical (unpaired) electrons. The van der Waals surface area contributed by atoms with E-state index in [1.54, 1.807) is 24.3 Å². The summed E-state index contributed by atoms with van der Waals surface area (Å²) in [6.45, 7) is 1.99. The quantitative estimate of drug-likeness (QED) is 0.703. The maximum Gasteiger partial charge on any atom is 0.255 e. The van der Waals surface area contributed by atoms with Gasteiger partial charge in [-0.15, -0.1) is 0 Å². The number of primary sulfonamides is 1. The Morgan fingerprint density at radius 3 is 2.19 bits per heavy atom. The third kappa shape index (κ3) is 4.93. The monoisotopic (exact) mass is 382 g/mol. The number of carbonyl (C=O) groups excluding carboxylic acids is 1. The van der Waals surface area contributed by atoms with Crippen LogP contribution in [0.25, 0.3) is 0 Å². The van der Waals surface area contributed by atoms with Crippen molar-refractivity contribution in [3.05, 3.63) is 83.9 Å². The number of benzene rings is 3. The topological polar surface area (TPSA) is 98.5 Å². The van der Waals surface area contributed by atoms with Gasteiger partial charge in [-0.1, -0.05) is 12.1 Å². The molecule has 3 rings (SSSR count). The molecule has 0 aliphatic heterocycles. The van der Waals surface area contributed by atoms with Gasteiger partial charge in [0.2, 0.25) is 10.0 Å². The van der Waals surface area contributed by atoms with Gasteiger partial charge in [0.15, 0.2) is 0 Å². The first-order valence-electron chi connectivity index (χ1n) is 8.10. The predicted molar refractivity (Wildman–Crippen MR) is 103 cm³/mol. The van der Waals surface area contributed by atoms with Gasteiger partial charge in [0.05, 0.1) is 4.90 Å². The van der Waals surface area contributed by atoms with E-state index in [1.165, 1.54) is 24.3 Å². The second-order valence-electron chi connectivity index (χ2n) is 5.97. The van der Waals surface area contributed by atoms with Crippen LogP contribution < -0.4 is 15.2 Å². The molecule has 6 nitrogen and oxygen atoms in total. The molecule has 0 aliphatic rings. The van der Waals surface area contributed by atoms with Crippen molar-refractivity contribution < 1.29 is 17.9 Å². The molecule has 1 amide bonds. The van der Waals surface area contributed by atoms with Crippen LogP contribution in [0.3, 0.4) is 0 Å². The lowest BCUT2D eigenvalue weighted by Gasteiger charge is -2.09. The minimum Gasteiger partial charge on any atom is -0.457 e. The first kappa shape index (κ1) is 18.6. The third-order valence-corrected chi connectivity index (χ3v) is 4.71. The average Bonchev–Trinajstić information content (AvgIpc) is 2.63. The molecule has 7 heteroatoms. The summed E-state index contributed by atoms with van der Waals surface area (Å²) >= 11 is 0. The zero-order valence-corrected chi connectivity index (χ0v) is 15.4. The van der Waals surface area contributed by atoms with E-state index in [0.717, 1.165) is 11.3 Å². The highest BCUT2D eigenvalue weighted by atomic mass is 32.2. The van der Waals surface area contributed by atoms with Gasteiger partial charge in [-0.25, -0.2) is 13.6 Å². The summed E-state index contributed by atoms with van der Waals surface area (Å²) in [7, 11) is -3.78. The zero-order chi connectivity index (χ0) is 19.4. The summed E-state index contributed by atoms with van der Waals surface area (Å²) in [4.78, 5) is 12.2. The number of ether oxygens (including phenoxy) is 1. The number of rotatable bonds is 5. The van der Waals surface area contributed by atoms with E-state index in [1.807, 2.05) is 31.2 Å². The summed E-state index contributed by atoms with van der Waals surface area (Å²) in [5.41, 5.74) is 2.01. The van der Waals surface area contributed by atoms with Gasteiger partial charge >= 0.3 is 0 Å². The molecule has 0 aromatic heterocycles. The van der Waals surface area contributed by atoms with Crippen molar-refractivity contribution in [2.24, 2.45) is 5.14 Å². The van der Waals surface area contributed by atoms with Crippen molar-refractivity contribution in [3.63, 3.8) is 0 Å². The number of anilines is 1. The van der Waals surface area contributed by atoms with Gasteiger partial charge in [-0.05, 0) is 73.2 Å². The van der Waals surface area contributed by atoms with E-state index in [0.29, 0.717) is 17.0 Å². The van der Waals surface area contributed by atoms with Crippen molar-refractivity contribution >= 4 is 21.6 Å². The minimum atomic E-state index is -3.78. The van der Waals surface area contributed by atoms with Crippen LogP contribution >= 0.6 is 0 Å². The summed E-state index contributed by atoms with van der Waals surface area (Å²) in [5, 5.41) is 7.79. The Morgan fingerprint density at radius 2 is 1.59 bits per heavy atom. The summed E-state index contributed by atoms with van der Waals surface area (Å²) in [6, 6.07) is 20.1. The summed E-state index contributed by atoms with van der Waals surface area (Å²) in [6.07, 6.45) is 0. The van der Waals surface area contributed by atoms with E-state index in [2.05, 4.69) is 5.32 Å². The van der Waals surface area contributed by atoms with Crippen LogP contribution in [0, 0.1) is 6.92 Å². The number of nitrogens with two attached hydrogens (primary N) is 1. The fraction of sp³-hybridized carbons (Fsp3) is 0.0500. The lowest BCUT2D eigenvalue weighted by atomic mass is 10.2. The van der Waals surface area contributed by atoms with Gasteiger partial charge in [0.1, 0.15) is 11.5 Å². The Hall–Kier alpha value is -3.16. The number of carbonyl (C=O) groups is 1. The maximum absolute atomic E-state index is 12.3. The molecule has 138 valence electrons. The number of aryl methyl sites for hydroxylation is 1. The molecule has 0 heterocycles. The van der Waals surface area contributed by atoms with Crippen LogP contribution in [0.1, 0.15) is 15.9 Å². The van der Waals surface area contributed by atoms with Gasteiger partial charge in [0, 0.05) is 11.3 Å². The van der Waals surface area contributed by atoms with Crippen LogP contribution in [0.4, 0.5) is 5.69 Å². The van der Waals surface area contributed by atoms with E-state index in [9.17, 15) is 13.2 Å². The van der Waals surface area contributed by atoms with Crippen molar-refractivity contribution in [1.29, 1.82) is 0 Å². The van der Waals surface area contributed by atoms with Crippen molar-refractivity contribution in [1.82, 2.24) is 0 Å². The van der Waals surface area contributed by atoms with E-state index < -0.39 is 10.0 Å². The minimum absolute atomic E-state index is 0.0447. The van der Waals surface area contributed by atoms with Crippen molar-refractivity contribution in [2.75, 3.05) is 5.32 Å². The number of sulfonamides is 1. The molecule has 3 N–H and O–H groups in total. The van der Waals surface area contributed by atoms with Crippen molar-refractivity contribution in [3.8, 4) is 11.5 Å². The van der Waals surface area contributed by atoms with E-state index in [4.69, 9.17) is 9.88 Å². The molecule has 0 saturated carbocycles. The van der Waals surface area contributed by atoms with Gasteiger partial charge < -0.3 is 10.1 Å². The Balaban J connectivity index is 1.66. The normalized spacial score (nSPS) is 11.0. The van der Waals surface area contributed by atoms with Crippen molar-refractivity contribution in [2.45, 2.75) is 11.8 Å². The van der Waals surface area contributed by atoms with E-state index >= 15 is 0 Å². The number of hydrogen-bond donors (Lipinski definition) is 2. The summed E-state index contributed by atoms with van der Waals surface area (Å²) in [5.74, 6) is 1.03. The summed E-state index contributed by atoms with van der Waals surface area (Å²) < 4.78 is 28.3. The molecule has 0 unspecified atom stereocenters. The molecular formula is C20H18N2O4S. The molecule has 0 aliphatic carbocycles. The highest BCUT2D eigenvalue weighted by Crippen LogP contribution is 2.24. The van der Waals surface area contributed by atoms with Gasteiger partial charge in [0.25, 0.3) is 5.91 Å². The molecule has 0 atom stereocenters. The molecular weight excluding hydrogens is 364 g/mol. The molecule has 0 saturated heterocycles. The Morgan fingerprint density at radius 1 is 0.926 bits per heavy atom. The predicted octanol–water partition coefficient (Wildman–Crippen LogP) is 3.69. The zero-order valence-electron chi connectivity index (χ0n) is 14.5. The first-order valence-corrected chi connectivity index (χ1v) is 9.65. The Bertz CT molecular complexity index is 1060. The van der Waals surface area contributed by atoms with Crippen LogP contribution in [0.2, 0.25) is 0 Å². The second kappa shape index (κ2) is 7.61. The molecule has 27 heavy (non-hydrogen) atoms. The van der Waals surface area contributed by atoms with Gasteiger partial charge in [-0.3, -0.25) is 4.79 Å². The SMILES string of the molecule is Cc1cccc(Oc2ccc(NC(=O)c3ccc(S(N)(=O)=O)cc3)cc2)c1. The standard InChI is InChI=1S/C20H18N2O4S/c1-14-3-2-4-18(13-14)26-17-9-7-16(8-10-17)22-20(23)15-5-11-19(12-6-15)27(21,24)25/h2-13H,1H3,(H,22,23)(H2,21,24,25). The molecule has 3 aromatic rings. The fourth-order valence-electron chi connectivity index (χ4n) is 2.42.